The van der Waals surface area contributed by atoms with Gasteiger partial charge in [-0.05, 0) is 37.6 Å². The van der Waals surface area contributed by atoms with Crippen molar-refractivity contribution in [2.75, 3.05) is 5.73 Å². The molecule has 0 aliphatic heterocycles. The van der Waals surface area contributed by atoms with E-state index in [4.69, 9.17) is 17.3 Å². The van der Waals surface area contributed by atoms with Gasteiger partial charge in [-0.1, -0.05) is 11.6 Å². The monoisotopic (exact) mass is 328 g/mol. The lowest BCUT2D eigenvalue weighted by atomic mass is 10.2. The zero-order valence-electron chi connectivity index (χ0n) is 11.7. The molecule has 6 nitrogen and oxygen atoms in total. The highest BCUT2D eigenvalue weighted by molar-refractivity contribution is 7.89. The number of hydrogen-bond acceptors (Lipinski definition) is 4. The maximum absolute atomic E-state index is 12.4. The van der Waals surface area contributed by atoms with E-state index in [0.717, 1.165) is 0 Å². The van der Waals surface area contributed by atoms with Crippen molar-refractivity contribution in [3.8, 4) is 0 Å². The summed E-state index contributed by atoms with van der Waals surface area (Å²) in [6.07, 6.45) is 3.42. The molecule has 21 heavy (non-hydrogen) atoms. The summed E-state index contributed by atoms with van der Waals surface area (Å²) in [5.74, 6) is 0. The van der Waals surface area contributed by atoms with E-state index >= 15 is 0 Å². The first kappa shape index (κ1) is 15.8. The lowest BCUT2D eigenvalue weighted by Gasteiger charge is -2.16. The van der Waals surface area contributed by atoms with Gasteiger partial charge in [-0.3, -0.25) is 4.68 Å². The van der Waals surface area contributed by atoms with Crippen LogP contribution in [0, 0.1) is 6.92 Å². The predicted molar refractivity (Wildman–Crippen MR) is 82.6 cm³/mol. The smallest absolute Gasteiger partial charge is 0.241 e. The van der Waals surface area contributed by atoms with Gasteiger partial charge in [-0.25, -0.2) is 13.1 Å². The van der Waals surface area contributed by atoms with Gasteiger partial charge in [0, 0.05) is 18.4 Å². The number of nitrogen functional groups attached to an aromatic ring is 1. The van der Waals surface area contributed by atoms with E-state index in [1.54, 1.807) is 43.1 Å². The Balaban J connectivity index is 2.20. The third-order valence-electron chi connectivity index (χ3n) is 2.96. The van der Waals surface area contributed by atoms with Gasteiger partial charge in [-0.15, -0.1) is 0 Å². The Labute approximate surface area is 129 Å². The Bertz CT molecular complexity index is 729. The van der Waals surface area contributed by atoms with Crippen LogP contribution < -0.4 is 10.5 Å². The van der Waals surface area contributed by atoms with Gasteiger partial charge in [0.15, 0.2) is 0 Å². The van der Waals surface area contributed by atoms with Gasteiger partial charge in [0.25, 0.3) is 0 Å². The van der Waals surface area contributed by atoms with Crippen LogP contribution in [0.5, 0.6) is 0 Å². The fourth-order valence-corrected chi connectivity index (χ4v) is 3.73. The van der Waals surface area contributed by atoms with Crippen LogP contribution in [0.15, 0.2) is 35.5 Å². The summed E-state index contributed by atoms with van der Waals surface area (Å²) in [6, 6.07) is 4.39. The Hall–Kier alpha value is -1.57. The summed E-state index contributed by atoms with van der Waals surface area (Å²) in [5, 5.41) is 4.39. The number of nitrogens with two attached hydrogens (primary N) is 1. The summed E-state index contributed by atoms with van der Waals surface area (Å²) < 4.78 is 29.1. The lowest BCUT2D eigenvalue weighted by Crippen LogP contribution is -2.36. The summed E-state index contributed by atoms with van der Waals surface area (Å²) in [6.45, 7) is 3.89. The van der Waals surface area contributed by atoms with E-state index < -0.39 is 10.0 Å². The maximum atomic E-state index is 12.4. The molecule has 1 atom stereocenters. The van der Waals surface area contributed by atoms with Crippen molar-refractivity contribution in [3.05, 3.63) is 41.2 Å². The third-order valence-corrected chi connectivity index (χ3v) is 5.02. The molecule has 0 saturated heterocycles. The van der Waals surface area contributed by atoms with Crippen molar-refractivity contribution in [3.63, 3.8) is 0 Å². The first-order valence-corrected chi connectivity index (χ1v) is 8.21. The van der Waals surface area contributed by atoms with Crippen LogP contribution in [0.2, 0.25) is 5.02 Å². The van der Waals surface area contributed by atoms with E-state index in [1.165, 1.54) is 6.07 Å². The van der Waals surface area contributed by atoms with Gasteiger partial charge in [0.2, 0.25) is 10.0 Å². The van der Waals surface area contributed by atoms with E-state index in [9.17, 15) is 8.42 Å². The number of hydrogen-bond donors (Lipinski definition) is 2. The van der Waals surface area contributed by atoms with Crippen molar-refractivity contribution in [2.45, 2.75) is 31.3 Å². The number of halogens is 1. The van der Waals surface area contributed by atoms with Gasteiger partial charge in [0.05, 0.1) is 22.2 Å². The number of aryl methyl sites for hydroxylation is 1. The molecular weight excluding hydrogens is 312 g/mol. The molecule has 1 unspecified atom stereocenters. The largest absolute Gasteiger partial charge is 0.397 e. The number of anilines is 1. The van der Waals surface area contributed by atoms with Crippen molar-refractivity contribution < 1.29 is 8.42 Å². The molecule has 3 N–H and O–H groups in total. The molecule has 8 heteroatoms. The topological polar surface area (TPSA) is 90.0 Å². The second-order valence-corrected chi connectivity index (χ2v) is 6.98. The summed E-state index contributed by atoms with van der Waals surface area (Å²) >= 11 is 5.88. The molecular formula is C13H17ClN4O2S. The van der Waals surface area contributed by atoms with Gasteiger partial charge >= 0.3 is 0 Å². The van der Waals surface area contributed by atoms with Crippen LogP contribution in [-0.2, 0) is 16.6 Å². The summed E-state index contributed by atoms with van der Waals surface area (Å²) in [4.78, 5) is 0.136. The Morgan fingerprint density at radius 3 is 2.81 bits per heavy atom. The fourth-order valence-electron chi connectivity index (χ4n) is 2.01. The molecule has 0 spiro atoms. The molecule has 0 saturated carbocycles. The number of nitrogens with one attached hydrogen (secondary N) is 1. The van der Waals surface area contributed by atoms with Crippen LogP contribution in [0.3, 0.4) is 0 Å². The van der Waals surface area contributed by atoms with E-state index in [-0.39, 0.29) is 16.6 Å². The number of sulfonamides is 1. The van der Waals surface area contributed by atoms with Crippen molar-refractivity contribution in [1.29, 1.82) is 0 Å². The zero-order chi connectivity index (χ0) is 15.6. The second kappa shape index (κ2) is 6.05. The highest BCUT2D eigenvalue weighted by Crippen LogP contribution is 2.26. The Kier molecular flexibility index (Phi) is 4.55. The number of benzene rings is 1. The summed E-state index contributed by atoms with van der Waals surface area (Å²) in [7, 11) is -3.66. The maximum Gasteiger partial charge on any atom is 0.241 e. The van der Waals surface area contributed by atoms with Gasteiger partial charge in [-0.2, -0.15) is 5.10 Å². The van der Waals surface area contributed by atoms with Crippen LogP contribution in [0.4, 0.5) is 5.69 Å². The molecule has 2 aromatic rings. The molecule has 0 amide bonds. The second-order valence-electron chi connectivity index (χ2n) is 4.89. The minimum Gasteiger partial charge on any atom is -0.397 e. The average molecular weight is 329 g/mol. The number of nitrogens with zero attached hydrogens (tertiary/aromatic N) is 2. The minimum absolute atomic E-state index is 0.136. The molecule has 1 heterocycles. The van der Waals surface area contributed by atoms with Crippen molar-refractivity contribution in [2.24, 2.45) is 0 Å². The van der Waals surface area contributed by atoms with E-state index in [2.05, 4.69) is 9.82 Å². The Morgan fingerprint density at radius 1 is 1.48 bits per heavy atom. The SMILES string of the molecule is Cc1cc(Cl)c(N)cc1S(=O)(=O)NC(C)Cn1cccn1. The average Bonchev–Trinajstić information content (AvgIpc) is 2.85. The first-order chi connectivity index (χ1) is 9.79. The molecule has 0 radical (unpaired) electrons. The highest BCUT2D eigenvalue weighted by Gasteiger charge is 2.21. The van der Waals surface area contributed by atoms with Crippen LogP contribution in [0.25, 0.3) is 0 Å². The highest BCUT2D eigenvalue weighted by atomic mass is 35.5. The van der Waals surface area contributed by atoms with E-state index in [1.807, 2.05) is 0 Å². The van der Waals surface area contributed by atoms with E-state index in [0.29, 0.717) is 17.1 Å². The predicted octanol–water partition coefficient (Wildman–Crippen LogP) is 1.79. The van der Waals surface area contributed by atoms with Crippen molar-refractivity contribution in [1.82, 2.24) is 14.5 Å². The third kappa shape index (κ3) is 3.75. The van der Waals surface area contributed by atoms with Gasteiger partial charge < -0.3 is 5.73 Å². The zero-order valence-corrected chi connectivity index (χ0v) is 13.3. The molecule has 114 valence electrons. The molecule has 2 rings (SSSR count). The van der Waals surface area contributed by atoms with Crippen LogP contribution >= 0.6 is 11.6 Å². The quantitative estimate of drug-likeness (QED) is 0.819. The first-order valence-electron chi connectivity index (χ1n) is 6.35. The van der Waals surface area contributed by atoms with Gasteiger partial charge in [0.1, 0.15) is 0 Å². The molecule has 0 fully saturated rings. The van der Waals surface area contributed by atoms with Crippen molar-refractivity contribution >= 4 is 27.3 Å². The fraction of sp³-hybridized carbons (Fsp3) is 0.308. The van der Waals surface area contributed by atoms with Crippen LogP contribution in [-0.4, -0.2) is 24.2 Å². The number of rotatable bonds is 5. The number of aromatic nitrogens is 2. The molecule has 0 aliphatic rings. The molecule has 1 aromatic heterocycles. The molecule has 0 bridgehead atoms. The summed E-state index contributed by atoms with van der Waals surface area (Å²) in [5.41, 5.74) is 6.48. The Morgan fingerprint density at radius 2 is 2.19 bits per heavy atom. The molecule has 1 aromatic carbocycles. The normalized spacial score (nSPS) is 13.3. The molecule has 0 aliphatic carbocycles. The standard InChI is InChI=1S/C13H17ClN4O2S/c1-9-6-11(14)12(15)7-13(9)21(19,20)17-10(2)8-18-5-3-4-16-18/h3-7,10,17H,8,15H2,1-2H3. The van der Waals surface area contributed by atoms with Crippen LogP contribution in [0.1, 0.15) is 12.5 Å². The minimum atomic E-state index is -3.66. The lowest BCUT2D eigenvalue weighted by molar-refractivity contribution is 0.493.